The van der Waals surface area contributed by atoms with Crippen LogP contribution in [0.2, 0.25) is 5.02 Å². The molecular weight excluding hydrogens is 394 g/mol. The van der Waals surface area contributed by atoms with Crippen LogP contribution in [-0.4, -0.2) is 22.2 Å². The second-order valence-electron chi connectivity index (χ2n) is 6.15. The standard InChI is InChI=1S/C21H16ClN3O2S/c1-13(27-18-8-4-6-14-5-2-3-7-17(14)18)19(26)23-21-25-24-20(28-21)15-9-11-16(22)12-10-15/h2-13H,1H3,(H,23,25,26)/t13-/m0/s1. The van der Waals surface area contributed by atoms with Crippen LogP contribution in [0.5, 0.6) is 5.75 Å². The highest BCUT2D eigenvalue weighted by Crippen LogP contribution is 2.28. The van der Waals surface area contributed by atoms with Gasteiger partial charge in [-0.2, -0.15) is 0 Å². The lowest BCUT2D eigenvalue weighted by atomic mass is 10.1. The quantitative estimate of drug-likeness (QED) is 0.478. The van der Waals surface area contributed by atoms with Crippen molar-refractivity contribution in [3.8, 4) is 16.3 Å². The third-order valence-electron chi connectivity index (χ3n) is 4.17. The Morgan fingerprint density at radius 2 is 1.79 bits per heavy atom. The average Bonchev–Trinajstić information content (AvgIpc) is 3.17. The van der Waals surface area contributed by atoms with Gasteiger partial charge in [0.05, 0.1) is 0 Å². The topological polar surface area (TPSA) is 64.1 Å². The van der Waals surface area contributed by atoms with Crippen LogP contribution in [0.25, 0.3) is 21.3 Å². The minimum absolute atomic E-state index is 0.285. The molecule has 4 rings (SSSR count). The zero-order valence-corrected chi connectivity index (χ0v) is 16.5. The van der Waals surface area contributed by atoms with Gasteiger partial charge in [-0.1, -0.05) is 71.5 Å². The minimum Gasteiger partial charge on any atom is -0.480 e. The van der Waals surface area contributed by atoms with Gasteiger partial charge < -0.3 is 4.74 Å². The molecule has 3 aromatic carbocycles. The molecule has 28 heavy (non-hydrogen) atoms. The van der Waals surface area contributed by atoms with Crippen molar-refractivity contribution in [2.24, 2.45) is 0 Å². The number of aromatic nitrogens is 2. The minimum atomic E-state index is -0.686. The number of hydrogen-bond donors (Lipinski definition) is 1. The number of halogens is 1. The lowest BCUT2D eigenvalue weighted by Crippen LogP contribution is -2.30. The number of rotatable bonds is 5. The maximum Gasteiger partial charge on any atom is 0.266 e. The van der Waals surface area contributed by atoms with Crippen LogP contribution in [0.3, 0.4) is 0 Å². The molecule has 1 amide bonds. The number of benzene rings is 3. The molecule has 0 aliphatic rings. The Hall–Kier alpha value is -2.96. The summed E-state index contributed by atoms with van der Waals surface area (Å²) in [6.07, 6.45) is -0.686. The van der Waals surface area contributed by atoms with Crippen molar-refractivity contribution in [3.05, 3.63) is 71.8 Å². The third kappa shape index (κ3) is 3.98. The van der Waals surface area contributed by atoms with E-state index in [-0.39, 0.29) is 5.91 Å². The fraction of sp³-hybridized carbons (Fsp3) is 0.0952. The summed E-state index contributed by atoms with van der Waals surface area (Å²) in [5.41, 5.74) is 0.891. The van der Waals surface area contributed by atoms with E-state index in [0.717, 1.165) is 16.3 Å². The number of fused-ring (bicyclic) bond motifs is 1. The number of ether oxygens (including phenoxy) is 1. The fourth-order valence-electron chi connectivity index (χ4n) is 2.73. The molecule has 0 saturated carbocycles. The summed E-state index contributed by atoms with van der Waals surface area (Å²) in [6, 6.07) is 21.0. The van der Waals surface area contributed by atoms with E-state index in [0.29, 0.717) is 20.9 Å². The van der Waals surface area contributed by atoms with E-state index in [1.54, 1.807) is 19.1 Å². The third-order valence-corrected chi connectivity index (χ3v) is 5.31. The first-order valence-electron chi connectivity index (χ1n) is 8.65. The van der Waals surface area contributed by atoms with Gasteiger partial charge in [-0.3, -0.25) is 10.1 Å². The van der Waals surface area contributed by atoms with E-state index in [2.05, 4.69) is 15.5 Å². The summed E-state index contributed by atoms with van der Waals surface area (Å²) in [5, 5.41) is 14.7. The number of nitrogens with zero attached hydrogens (tertiary/aromatic N) is 2. The van der Waals surface area contributed by atoms with Gasteiger partial charge in [-0.25, -0.2) is 0 Å². The van der Waals surface area contributed by atoms with Crippen molar-refractivity contribution in [2.75, 3.05) is 5.32 Å². The Labute approximate surface area is 170 Å². The Bertz CT molecular complexity index is 1120. The van der Waals surface area contributed by atoms with Crippen LogP contribution in [0.1, 0.15) is 6.92 Å². The normalized spacial score (nSPS) is 11.9. The maximum atomic E-state index is 12.5. The molecule has 1 aromatic heterocycles. The van der Waals surface area contributed by atoms with Crippen LogP contribution in [0, 0.1) is 0 Å². The van der Waals surface area contributed by atoms with Crippen molar-refractivity contribution >= 4 is 44.7 Å². The van der Waals surface area contributed by atoms with Gasteiger partial charge in [0.2, 0.25) is 5.13 Å². The number of carbonyl (C=O) groups is 1. The lowest BCUT2D eigenvalue weighted by molar-refractivity contribution is -0.122. The Balaban J connectivity index is 1.45. The molecule has 0 saturated heterocycles. The molecule has 0 aliphatic carbocycles. The van der Waals surface area contributed by atoms with Crippen LogP contribution < -0.4 is 10.1 Å². The molecule has 0 unspecified atom stereocenters. The Morgan fingerprint density at radius 3 is 2.61 bits per heavy atom. The first-order chi connectivity index (χ1) is 13.6. The maximum absolute atomic E-state index is 12.5. The van der Waals surface area contributed by atoms with Gasteiger partial charge in [-0.15, -0.1) is 10.2 Å². The lowest BCUT2D eigenvalue weighted by Gasteiger charge is -2.15. The molecule has 1 heterocycles. The number of carbonyl (C=O) groups excluding carboxylic acids is 1. The molecule has 0 aliphatic heterocycles. The molecule has 0 spiro atoms. The van der Waals surface area contributed by atoms with Crippen LogP contribution in [0.4, 0.5) is 5.13 Å². The Kier molecular flexibility index (Phi) is 5.23. The smallest absolute Gasteiger partial charge is 0.266 e. The van der Waals surface area contributed by atoms with Gasteiger partial charge >= 0.3 is 0 Å². The van der Waals surface area contributed by atoms with E-state index >= 15 is 0 Å². The fourth-order valence-corrected chi connectivity index (χ4v) is 3.61. The molecule has 4 aromatic rings. The van der Waals surface area contributed by atoms with Crippen molar-refractivity contribution in [1.29, 1.82) is 0 Å². The van der Waals surface area contributed by atoms with E-state index in [9.17, 15) is 4.79 Å². The zero-order chi connectivity index (χ0) is 19.5. The molecule has 0 bridgehead atoms. The molecule has 1 atom stereocenters. The second kappa shape index (κ2) is 7.96. The van der Waals surface area contributed by atoms with Gasteiger partial charge in [0.1, 0.15) is 10.8 Å². The van der Waals surface area contributed by atoms with E-state index in [4.69, 9.17) is 16.3 Å². The molecule has 0 radical (unpaired) electrons. The van der Waals surface area contributed by atoms with Gasteiger partial charge in [0.15, 0.2) is 6.10 Å². The second-order valence-corrected chi connectivity index (χ2v) is 7.56. The molecule has 0 fully saturated rings. The van der Waals surface area contributed by atoms with Crippen LogP contribution in [0.15, 0.2) is 66.7 Å². The Morgan fingerprint density at radius 1 is 1.04 bits per heavy atom. The summed E-state index contributed by atoms with van der Waals surface area (Å²) < 4.78 is 5.90. The highest BCUT2D eigenvalue weighted by atomic mass is 35.5. The van der Waals surface area contributed by atoms with Crippen LogP contribution in [-0.2, 0) is 4.79 Å². The summed E-state index contributed by atoms with van der Waals surface area (Å²) in [7, 11) is 0. The van der Waals surface area contributed by atoms with E-state index in [1.807, 2.05) is 54.6 Å². The SMILES string of the molecule is C[C@H](Oc1cccc2ccccc12)C(=O)Nc1nnc(-c2ccc(Cl)cc2)s1. The summed E-state index contributed by atoms with van der Waals surface area (Å²) in [5.74, 6) is 0.381. The molecule has 1 N–H and O–H groups in total. The summed E-state index contributed by atoms with van der Waals surface area (Å²) in [4.78, 5) is 12.5. The first kappa shape index (κ1) is 18.4. The number of nitrogens with one attached hydrogen (secondary N) is 1. The number of amides is 1. The van der Waals surface area contributed by atoms with E-state index < -0.39 is 6.10 Å². The van der Waals surface area contributed by atoms with Crippen molar-refractivity contribution in [1.82, 2.24) is 10.2 Å². The average molecular weight is 410 g/mol. The first-order valence-corrected chi connectivity index (χ1v) is 9.84. The predicted molar refractivity (Wildman–Crippen MR) is 113 cm³/mol. The zero-order valence-electron chi connectivity index (χ0n) is 14.9. The summed E-state index contributed by atoms with van der Waals surface area (Å²) >= 11 is 7.20. The predicted octanol–water partition coefficient (Wildman–Crippen LogP) is 5.42. The van der Waals surface area contributed by atoms with Crippen LogP contribution >= 0.6 is 22.9 Å². The largest absolute Gasteiger partial charge is 0.480 e. The molecule has 140 valence electrons. The monoisotopic (exact) mass is 409 g/mol. The van der Waals surface area contributed by atoms with Crippen molar-refractivity contribution in [3.63, 3.8) is 0 Å². The highest BCUT2D eigenvalue weighted by Gasteiger charge is 2.18. The number of hydrogen-bond acceptors (Lipinski definition) is 5. The van der Waals surface area contributed by atoms with Gasteiger partial charge in [0.25, 0.3) is 5.91 Å². The van der Waals surface area contributed by atoms with Crippen molar-refractivity contribution in [2.45, 2.75) is 13.0 Å². The highest BCUT2D eigenvalue weighted by molar-refractivity contribution is 7.18. The molecule has 5 nitrogen and oxygen atoms in total. The summed E-state index contributed by atoms with van der Waals surface area (Å²) in [6.45, 7) is 1.71. The molecule has 7 heteroatoms. The van der Waals surface area contributed by atoms with Crippen molar-refractivity contribution < 1.29 is 9.53 Å². The number of anilines is 1. The van der Waals surface area contributed by atoms with Gasteiger partial charge in [0, 0.05) is 16.0 Å². The van der Waals surface area contributed by atoms with Gasteiger partial charge in [-0.05, 0) is 30.5 Å². The van der Waals surface area contributed by atoms with E-state index in [1.165, 1.54) is 11.3 Å². The molecular formula is C21H16ClN3O2S.